The zero-order valence-electron chi connectivity index (χ0n) is 16.3. The van der Waals surface area contributed by atoms with Crippen molar-refractivity contribution in [3.63, 3.8) is 0 Å². The highest BCUT2D eigenvalue weighted by Crippen LogP contribution is 2.27. The van der Waals surface area contributed by atoms with Gasteiger partial charge in [0.25, 0.3) is 0 Å². The largest absolute Gasteiger partial charge is 0.464 e. The third-order valence-electron chi connectivity index (χ3n) is 5.49. The molecule has 146 valence electrons. The van der Waals surface area contributed by atoms with Gasteiger partial charge < -0.3 is 14.2 Å². The molecule has 0 N–H and O–H groups in total. The monoisotopic (exact) mass is 396 g/mol. The maximum Gasteiger partial charge on any atom is 0.227 e. The minimum absolute atomic E-state index is 0.156. The number of piperazine rings is 1. The van der Waals surface area contributed by atoms with E-state index in [0.29, 0.717) is 12.3 Å². The van der Waals surface area contributed by atoms with Gasteiger partial charge >= 0.3 is 0 Å². The van der Waals surface area contributed by atoms with Crippen molar-refractivity contribution in [1.82, 2.24) is 4.90 Å². The lowest BCUT2D eigenvalue weighted by Crippen LogP contribution is -2.49. The molecule has 0 spiro atoms. The molecule has 4 nitrogen and oxygen atoms in total. The van der Waals surface area contributed by atoms with Crippen LogP contribution in [0.2, 0.25) is 5.02 Å². The van der Waals surface area contributed by atoms with Gasteiger partial charge in [0.1, 0.15) is 5.58 Å². The van der Waals surface area contributed by atoms with Crippen LogP contribution >= 0.6 is 11.6 Å². The van der Waals surface area contributed by atoms with Crippen LogP contribution in [0.1, 0.15) is 30.9 Å². The lowest BCUT2D eigenvalue weighted by molar-refractivity contribution is -0.130. The summed E-state index contributed by atoms with van der Waals surface area (Å²) in [6.07, 6.45) is 2.11. The number of fused-ring (bicyclic) bond motifs is 1. The van der Waals surface area contributed by atoms with Gasteiger partial charge in [-0.15, -0.1) is 0 Å². The first kappa shape index (κ1) is 18.9. The predicted molar refractivity (Wildman–Crippen MR) is 114 cm³/mol. The summed E-state index contributed by atoms with van der Waals surface area (Å²) in [4.78, 5) is 17.1. The molecule has 2 heterocycles. The van der Waals surface area contributed by atoms with E-state index in [0.717, 1.165) is 53.4 Å². The second-order valence-corrected chi connectivity index (χ2v) is 8.13. The Labute approximate surface area is 170 Å². The van der Waals surface area contributed by atoms with Crippen LogP contribution in [-0.2, 0) is 11.2 Å². The fourth-order valence-corrected chi connectivity index (χ4v) is 3.94. The molecule has 5 heteroatoms. The number of anilines is 1. The van der Waals surface area contributed by atoms with Crippen molar-refractivity contribution in [2.45, 2.75) is 26.2 Å². The van der Waals surface area contributed by atoms with Crippen molar-refractivity contribution in [3.05, 3.63) is 64.9 Å². The molecule has 1 aliphatic rings. The second kappa shape index (κ2) is 7.88. The molecule has 4 rings (SSSR count). The van der Waals surface area contributed by atoms with Crippen molar-refractivity contribution in [2.75, 3.05) is 31.1 Å². The Balaban J connectivity index is 1.42. The van der Waals surface area contributed by atoms with E-state index in [1.54, 1.807) is 6.26 Å². The molecule has 0 bridgehead atoms. The summed E-state index contributed by atoms with van der Waals surface area (Å²) in [5, 5.41) is 1.79. The minimum Gasteiger partial charge on any atom is -0.464 e. The topological polar surface area (TPSA) is 36.7 Å². The van der Waals surface area contributed by atoms with Gasteiger partial charge in [-0.25, -0.2) is 0 Å². The van der Waals surface area contributed by atoms with Crippen LogP contribution in [-0.4, -0.2) is 37.0 Å². The number of nitrogens with zero attached hydrogens (tertiary/aromatic N) is 2. The molecule has 28 heavy (non-hydrogen) atoms. The van der Waals surface area contributed by atoms with Gasteiger partial charge in [0.2, 0.25) is 5.91 Å². The SMILES string of the molecule is CC(C)c1ccc2occ(CC(=O)N3CCN(c4cccc(Cl)c4)CC3)c2c1. The number of hydrogen-bond donors (Lipinski definition) is 0. The fourth-order valence-electron chi connectivity index (χ4n) is 3.76. The Morgan fingerprint density at radius 3 is 2.61 bits per heavy atom. The first-order valence-corrected chi connectivity index (χ1v) is 10.2. The van der Waals surface area contributed by atoms with Gasteiger partial charge in [-0.1, -0.05) is 37.6 Å². The summed E-state index contributed by atoms with van der Waals surface area (Å²) < 4.78 is 5.67. The average molecular weight is 397 g/mol. The van der Waals surface area contributed by atoms with E-state index in [4.69, 9.17) is 16.0 Å². The third kappa shape index (κ3) is 3.88. The number of benzene rings is 2. The Kier molecular flexibility index (Phi) is 5.31. The molecule has 1 aromatic heterocycles. The van der Waals surface area contributed by atoms with E-state index in [9.17, 15) is 4.79 Å². The Morgan fingerprint density at radius 2 is 1.89 bits per heavy atom. The molecular formula is C23H25ClN2O2. The molecular weight excluding hydrogens is 372 g/mol. The molecule has 0 saturated carbocycles. The highest BCUT2D eigenvalue weighted by atomic mass is 35.5. The number of furan rings is 1. The summed E-state index contributed by atoms with van der Waals surface area (Å²) in [7, 11) is 0. The van der Waals surface area contributed by atoms with Crippen LogP contribution in [0.4, 0.5) is 5.69 Å². The van der Waals surface area contributed by atoms with Crippen LogP contribution in [0.15, 0.2) is 53.1 Å². The normalized spacial score (nSPS) is 14.9. The Morgan fingerprint density at radius 1 is 1.11 bits per heavy atom. The summed E-state index contributed by atoms with van der Waals surface area (Å²) in [5.41, 5.74) is 4.19. The van der Waals surface area contributed by atoms with E-state index in [2.05, 4.69) is 36.9 Å². The zero-order chi connectivity index (χ0) is 19.7. The first-order valence-electron chi connectivity index (χ1n) is 9.79. The van der Waals surface area contributed by atoms with Gasteiger partial charge in [-0.05, 0) is 41.8 Å². The molecule has 0 atom stereocenters. The van der Waals surface area contributed by atoms with E-state index in [1.165, 1.54) is 5.56 Å². The van der Waals surface area contributed by atoms with Gasteiger partial charge in [-0.3, -0.25) is 4.79 Å². The number of rotatable bonds is 4. The molecule has 1 aliphatic heterocycles. The van der Waals surface area contributed by atoms with Crippen molar-refractivity contribution in [1.29, 1.82) is 0 Å². The lowest BCUT2D eigenvalue weighted by Gasteiger charge is -2.36. The number of carbonyl (C=O) groups excluding carboxylic acids is 1. The van der Waals surface area contributed by atoms with Crippen LogP contribution in [0, 0.1) is 0 Å². The molecule has 2 aromatic carbocycles. The molecule has 1 amide bonds. The summed E-state index contributed by atoms with van der Waals surface area (Å²) in [6, 6.07) is 14.1. The molecule has 1 fully saturated rings. The maximum atomic E-state index is 12.9. The first-order chi connectivity index (χ1) is 13.5. The van der Waals surface area contributed by atoms with Crippen LogP contribution < -0.4 is 4.90 Å². The molecule has 1 saturated heterocycles. The Hall–Kier alpha value is -2.46. The minimum atomic E-state index is 0.156. The standard InChI is InChI=1S/C23H25ClN2O2/c1-16(2)17-6-7-22-21(12-17)18(15-28-22)13-23(27)26-10-8-25(9-11-26)20-5-3-4-19(24)14-20/h3-7,12,14-16H,8-11,13H2,1-2H3. The van der Waals surface area contributed by atoms with Gasteiger partial charge in [0.15, 0.2) is 0 Å². The summed E-state index contributed by atoms with van der Waals surface area (Å²) in [6.45, 7) is 7.42. The van der Waals surface area contributed by atoms with Crippen molar-refractivity contribution < 1.29 is 9.21 Å². The fraction of sp³-hybridized carbons (Fsp3) is 0.348. The van der Waals surface area contributed by atoms with E-state index in [1.807, 2.05) is 29.2 Å². The number of amides is 1. The predicted octanol–water partition coefficient (Wildman–Crippen LogP) is 5.10. The summed E-state index contributed by atoms with van der Waals surface area (Å²) in [5.74, 6) is 0.603. The average Bonchev–Trinajstić information content (AvgIpc) is 3.10. The van der Waals surface area contributed by atoms with Gasteiger partial charge in [-0.2, -0.15) is 0 Å². The third-order valence-corrected chi connectivity index (χ3v) is 5.73. The van der Waals surface area contributed by atoms with E-state index >= 15 is 0 Å². The van der Waals surface area contributed by atoms with Crippen LogP contribution in [0.3, 0.4) is 0 Å². The van der Waals surface area contributed by atoms with Crippen LogP contribution in [0.25, 0.3) is 11.0 Å². The molecule has 0 unspecified atom stereocenters. The zero-order valence-corrected chi connectivity index (χ0v) is 17.1. The van der Waals surface area contributed by atoms with Gasteiger partial charge in [0, 0.05) is 47.8 Å². The highest BCUT2D eigenvalue weighted by molar-refractivity contribution is 6.30. The quantitative estimate of drug-likeness (QED) is 0.615. The van der Waals surface area contributed by atoms with Crippen molar-refractivity contribution >= 4 is 34.2 Å². The van der Waals surface area contributed by atoms with Crippen molar-refractivity contribution in [2.24, 2.45) is 0 Å². The molecule has 0 radical (unpaired) electrons. The van der Waals surface area contributed by atoms with Crippen molar-refractivity contribution in [3.8, 4) is 0 Å². The second-order valence-electron chi connectivity index (χ2n) is 7.70. The molecule has 0 aliphatic carbocycles. The highest BCUT2D eigenvalue weighted by Gasteiger charge is 2.22. The smallest absolute Gasteiger partial charge is 0.227 e. The number of carbonyl (C=O) groups is 1. The number of halogens is 1. The van der Waals surface area contributed by atoms with E-state index < -0.39 is 0 Å². The number of hydrogen-bond acceptors (Lipinski definition) is 3. The van der Waals surface area contributed by atoms with Crippen LogP contribution in [0.5, 0.6) is 0 Å². The maximum absolute atomic E-state index is 12.9. The lowest BCUT2D eigenvalue weighted by atomic mass is 10.00. The Bertz CT molecular complexity index is 987. The summed E-state index contributed by atoms with van der Waals surface area (Å²) >= 11 is 6.10. The van der Waals surface area contributed by atoms with Gasteiger partial charge in [0.05, 0.1) is 12.7 Å². The van der Waals surface area contributed by atoms with E-state index in [-0.39, 0.29) is 5.91 Å². The molecule has 3 aromatic rings.